The van der Waals surface area contributed by atoms with Crippen LogP contribution in [-0.2, 0) is 19.5 Å². The Bertz CT molecular complexity index is 1300. The Balaban J connectivity index is 0.00000259. The minimum absolute atomic E-state index is 0. The van der Waals surface area contributed by atoms with Gasteiger partial charge in [0, 0.05) is 30.5 Å². The van der Waals surface area contributed by atoms with Gasteiger partial charge in [0.05, 0.1) is 11.4 Å². The summed E-state index contributed by atoms with van der Waals surface area (Å²) in [4.78, 5) is 5.90. The number of aromatic nitrogens is 4. The molecule has 0 saturated heterocycles. The molecule has 7 heteroatoms. The van der Waals surface area contributed by atoms with Gasteiger partial charge in [0.2, 0.25) is 0 Å². The predicted octanol–water partition coefficient (Wildman–Crippen LogP) is 6.51. The molecule has 0 bridgehead atoms. The number of thiazole rings is 1. The van der Waals surface area contributed by atoms with Crippen LogP contribution in [0.3, 0.4) is 0 Å². The fourth-order valence-corrected chi connectivity index (χ4v) is 5.11. The van der Waals surface area contributed by atoms with Gasteiger partial charge in [0.25, 0.3) is 0 Å². The second kappa shape index (κ2) is 10.4. The van der Waals surface area contributed by atoms with E-state index < -0.39 is 0 Å². The van der Waals surface area contributed by atoms with E-state index in [2.05, 4.69) is 86.7 Å². The number of rotatable bonds is 5. The average molecular weight is 523 g/mol. The van der Waals surface area contributed by atoms with Gasteiger partial charge >= 0.3 is 0 Å². The first-order chi connectivity index (χ1) is 15.7. The number of nitrogens with zero attached hydrogens (tertiary/aromatic N) is 5. The van der Waals surface area contributed by atoms with Crippen LogP contribution in [-0.4, -0.2) is 19.3 Å². The Kier molecular flexibility index (Phi) is 7.40. The molecule has 0 unspecified atom stereocenters. The fraction of sp³-hybridized carbons (Fsp3) is 0.269. The van der Waals surface area contributed by atoms with E-state index in [-0.39, 0.29) is 17.0 Å². The highest BCUT2D eigenvalue weighted by atomic mass is 79.9. The molecule has 0 spiro atoms. The summed E-state index contributed by atoms with van der Waals surface area (Å²) in [5.41, 5.74) is 5.64. The highest BCUT2D eigenvalue weighted by Gasteiger charge is 2.16. The topological polar surface area (TPSA) is 48.0 Å². The number of aryl methyl sites for hydroxylation is 2. The van der Waals surface area contributed by atoms with Crippen LogP contribution in [0.5, 0.6) is 0 Å². The van der Waals surface area contributed by atoms with Crippen molar-refractivity contribution >= 4 is 34.0 Å². The van der Waals surface area contributed by atoms with Gasteiger partial charge in [0.15, 0.2) is 10.6 Å². The third-order valence-electron chi connectivity index (χ3n) is 5.92. The maximum absolute atomic E-state index is 4.94. The van der Waals surface area contributed by atoms with Crippen molar-refractivity contribution in [3.8, 4) is 22.6 Å². The minimum Gasteiger partial charge on any atom is -0.313 e. The summed E-state index contributed by atoms with van der Waals surface area (Å²) < 4.78 is 4.50. The molecule has 0 aliphatic carbocycles. The van der Waals surface area contributed by atoms with Gasteiger partial charge in [-0.3, -0.25) is 0 Å². The summed E-state index contributed by atoms with van der Waals surface area (Å²) in [5, 5.41) is 11.1. The van der Waals surface area contributed by atoms with Gasteiger partial charge in [-0.25, -0.2) is 4.99 Å². The lowest BCUT2D eigenvalue weighted by atomic mass is 10.1. The number of halogens is 1. The van der Waals surface area contributed by atoms with E-state index in [1.54, 1.807) is 11.3 Å². The van der Waals surface area contributed by atoms with Crippen molar-refractivity contribution < 1.29 is 0 Å². The van der Waals surface area contributed by atoms with Gasteiger partial charge < -0.3 is 9.13 Å². The molecule has 0 atom stereocenters. The van der Waals surface area contributed by atoms with E-state index >= 15 is 0 Å². The van der Waals surface area contributed by atoms with Crippen molar-refractivity contribution in [1.82, 2.24) is 19.3 Å². The van der Waals surface area contributed by atoms with Crippen molar-refractivity contribution in [2.45, 2.75) is 45.7 Å². The van der Waals surface area contributed by atoms with Crippen molar-refractivity contribution in [1.29, 1.82) is 0 Å². The van der Waals surface area contributed by atoms with Crippen LogP contribution in [0.4, 0.5) is 5.69 Å². The molecule has 5 rings (SSSR count). The quantitative estimate of drug-likeness (QED) is 0.281. The zero-order valence-corrected chi connectivity index (χ0v) is 21.3. The summed E-state index contributed by atoms with van der Waals surface area (Å²) in [6, 6.07) is 17.0. The van der Waals surface area contributed by atoms with Gasteiger partial charge in [-0.2, -0.15) is 0 Å². The summed E-state index contributed by atoms with van der Waals surface area (Å²) >= 11 is 1.65. The zero-order chi connectivity index (χ0) is 21.9. The van der Waals surface area contributed by atoms with E-state index in [1.165, 1.54) is 30.4 Å². The Hall–Kier alpha value is -2.77. The molecular formula is C26H28BrN5S. The van der Waals surface area contributed by atoms with E-state index in [9.17, 15) is 0 Å². The Labute approximate surface area is 208 Å². The Morgan fingerprint density at radius 3 is 2.52 bits per heavy atom. The number of allylic oxidation sites excluding steroid dienone is 1. The molecule has 0 N–H and O–H groups in total. The molecule has 2 aromatic heterocycles. The average Bonchev–Trinajstić information content (AvgIpc) is 3.31. The third-order valence-corrected chi connectivity index (χ3v) is 6.78. The number of hydrogen-bond acceptors (Lipinski definition) is 4. The van der Waals surface area contributed by atoms with Gasteiger partial charge in [0.1, 0.15) is 5.82 Å². The minimum atomic E-state index is 0. The van der Waals surface area contributed by atoms with Crippen LogP contribution in [0.2, 0.25) is 0 Å². The van der Waals surface area contributed by atoms with Crippen LogP contribution in [0.1, 0.15) is 30.7 Å². The fourth-order valence-electron chi connectivity index (χ4n) is 4.17. The molecule has 33 heavy (non-hydrogen) atoms. The molecule has 0 saturated carbocycles. The molecule has 2 aromatic carbocycles. The maximum atomic E-state index is 4.94. The zero-order valence-electron chi connectivity index (χ0n) is 18.8. The summed E-state index contributed by atoms with van der Waals surface area (Å²) in [6.07, 6.45) is 6.59. The molecule has 1 aliphatic rings. The highest BCUT2D eigenvalue weighted by Crippen LogP contribution is 2.25. The first kappa shape index (κ1) is 23.4. The molecular weight excluding hydrogens is 494 g/mol. The van der Waals surface area contributed by atoms with Crippen LogP contribution >= 0.6 is 28.3 Å². The van der Waals surface area contributed by atoms with Crippen LogP contribution < -0.4 is 4.80 Å². The van der Waals surface area contributed by atoms with E-state index in [4.69, 9.17) is 4.99 Å². The molecule has 5 nitrogen and oxygen atoms in total. The smallest absolute Gasteiger partial charge is 0.190 e. The largest absolute Gasteiger partial charge is 0.313 e. The molecule has 170 valence electrons. The number of benzene rings is 2. The van der Waals surface area contributed by atoms with E-state index in [0.717, 1.165) is 52.9 Å². The SMILES string of the molecule is Br.C=CCn1c(-c2ccc(C)cc2)csc1=Nc1ccc(-c2nnc3n2CCCCC3)cc1. The molecule has 0 radical (unpaired) electrons. The van der Waals surface area contributed by atoms with Crippen LogP contribution in [0.25, 0.3) is 22.6 Å². The monoisotopic (exact) mass is 521 g/mol. The lowest BCUT2D eigenvalue weighted by Crippen LogP contribution is -2.14. The summed E-state index contributed by atoms with van der Waals surface area (Å²) in [6.45, 7) is 7.77. The number of hydrogen-bond donors (Lipinski definition) is 0. The Morgan fingerprint density at radius 2 is 1.76 bits per heavy atom. The standard InChI is InChI=1S/C26H27N5S.BrH/c1-3-16-30-23(20-10-8-19(2)9-11-20)18-32-26(30)27-22-14-12-21(13-15-22)25-29-28-24-7-5-4-6-17-31(24)25;/h3,8-15,18H,1,4-7,16-17H2,2H3;1H. The molecule has 3 heterocycles. The summed E-state index contributed by atoms with van der Waals surface area (Å²) in [5.74, 6) is 2.08. The molecule has 4 aromatic rings. The van der Waals surface area contributed by atoms with Gasteiger partial charge in [-0.15, -0.1) is 45.1 Å². The van der Waals surface area contributed by atoms with Crippen LogP contribution in [0, 0.1) is 6.92 Å². The first-order valence-corrected chi connectivity index (χ1v) is 12.0. The normalized spacial score (nSPS) is 13.8. The van der Waals surface area contributed by atoms with Gasteiger partial charge in [-0.1, -0.05) is 42.3 Å². The van der Waals surface area contributed by atoms with Gasteiger partial charge in [-0.05, 0) is 49.6 Å². The van der Waals surface area contributed by atoms with E-state index in [1.807, 2.05) is 6.08 Å². The third kappa shape index (κ3) is 4.94. The van der Waals surface area contributed by atoms with Crippen molar-refractivity contribution in [3.05, 3.63) is 82.8 Å². The first-order valence-electron chi connectivity index (χ1n) is 11.2. The predicted molar refractivity (Wildman–Crippen MR) is 141 cm³/mol. The second-order valence-electron chi connectivity index (χ2n) is 8.23. The van der Waals surface area contributed by atoms with E-state index in [0.29, 0.717) is 0 Å². The lowest BCUT2D eigenvalue weighted by Gasteiger charge is -2.08. The van der Waals surface area contributed by atoms with Crippen LogP contribution in [0.15, 0.2) is 71.6 Å². The highest BCUT2D eigenvalue weighted by molar-refractivity contribution is 8.93. The molecule has 1 aliphatic heterocycles. The van der Waals surface area contributed by atoms with Crippen molar-refractivity contribution in [3.63, 3.8) is 0 Å². The van der Waals surface area contributed by atoms with Crippen molar-refractivity contribution in [2.75, 3.05) is 0 Å². The molecule has 0 amide bonds. The summed E-state index contributed by atoms with van der Waals surface area (Å²) in [7, 11) is 0. The van der Waals surface area contributed by atoms with Crippen molar-refractivity contribution in [2.24, 2.45) is 4.99 Å². The second-order valence-corrected chi connectivity index (χ2v) is 9.07. The number of fused-ring (bicyclic) bond motifs is 1. The Morgan fingerprint density at radius 1 is 1.00 bits per heavy atom. The molecule has 0 fully saturated rings. The lowest BCUT2D eigenvalue weighted by molar-refractivity contribution is 0.636. The maximum Gasteiger partial charge on any atom is 0.190 e.